The lowest BCUT2D eigenvalue weighted by Gasteiger charge is -2.16. The molecule has 1 aromatic heterocycles. The number of aromatic nitrogens is 1. The molecule has 0 amide bonds. The SMILES string of the molecule is O[C@H]1c2c(C(F)(F)F)ncc(-c3ccccc3)c2C[C@H]1F. The highest BCUT2D eigenvalue weighted by molar-refractivity contribution is 5.70. The fourth-order valence-electron chi connectivity index (χ4n) is 2.68. The van der Waals surface area contributed by atoms with Crippen molar-refractivity contribution >= 4 is 0 Å². The maximum Gasteiger partial charge on any atom is 0.433 e. The first-order valence-electron chi connectivity index (χ1n) is 6.36. The highest BCUT2D eigenvalue weighted by Gasteiger charge is 2.44. The molecule has 6 heteroatoms. The molecule has 0 saturated carbocycles. The molecule has 2 atom stereocenters. The molecule has 0 aliphatic heterocycles. The van der Waals surface area contributed by atoms with Crippen molar-refractivity contribution in [3.63, 3.8) is 0 Å². The van der Waals surface area contributed by atoms with Crippen LogP contribution in [0.3, 0.4) is 0 Å². The van der Waals surface area contributed by atoms with Gasteiger partial charge < -0.3 is 5.11 Å². The minimum atomic E-state index is -4.72. The molecule has 0 radical (unpaired) electrons. The van der Waals surface area contributed by atoms with E-state index in [1.165, 1.54) is 0 Å². The summed E-state index contributed by atoms with van der Waals surface area (Å²) in [4.78, 5) is 3.43. The smallest absolute Gasteiger partial charge is 0.385 e. The van der Waals surface area contributed by atoms with Crippen LogP contribution in [0, 0.1) is 0 Å². The number of benzene rings is 1. The first kappa shape index (κ1) is 14.0. The molecule has 1 heterocycles. The number of hydrogen-bond acceptors (Lipinski definition) is 2. The number of pyridine rings is 1. The molecule has 0 saturated heterocycles. The van der Waals surface area contributed by atoms with E-state index in [4.69, 9.17) is 0 Å². The maximum absolute atomic E-state index is 13.7. The van der Waals surface area contributed by atoms with E-state index in [1.807, 2.05) is 0 Å². The normalized spacial score (nSPS) is 21.4. The predicted octanol–water partition coefficient (Wildman–Crippen LogP) is 3.70. The van der Waals surface area contributed by atoms with Gasteiger partial charge in [0.25, 0.3) is 0 Å². The fourth-order valence-corrected chi connectivity index (χ4v) is 2.68. The summed E-state index contributed by atoms with van der Waals surface area (Å²) in [5.41, 5.74) is -0.376. The van der Waals surface area contributed by atoms with Crippen molar-refractivity contribution in [1.82, 2.24) is 4.98 Å². The summed E-state index contributed by atoms with van der Waals surface area (Å²) in [6, 6.07) is 8.66. The summed E-state index contributed by atoms with van der Waals surface area (Å²) in [5.74, 6) is 0. The van der Waals surface area contributed by atoms with E-state index in [9.17, 15) is 22.7 Å². The van der Waals surface area contributed by atoms with Crippen molar-refractivity contribution in [1.29, 1.82) is 0 Å². The highest BCUT2D eigenvalue weighted by Crippen LogP contribution is 2.44. The summed E-state index contributed by atoms with van der Waals surface area (Å²) < 4.78 is 52.7. The summed E-state index contributed by atoms with van der Waals surface area (Å²) in [5, 5.41) is 9.75. The third-order valence-electron chi connectivity index (χ3n) is 3.62. The second-order valence-corrected chi connectivity index (χ2v) is 4.94. The molecule has 0 unspecified atom stereocenters. The first-order valence-corrected chi connectivity index (χ1v) is 6.36. The van der Waals surface area contributed by atoms with Gasteiger partial charge in [-0.3, -0.25) is 4.98 Å². The number of halogens is 4. The Hall–Kier alpha value is -1.95. The molecule has 3 rings (SSSR count). The Kier molecular flexibility index (Phi) is 3.20. The Morgan fingerprint density at radius 1 is 1.14 bits per heavy atom. The molecule has 110 valence electrons. The largest absolute Gasteiger partial charge is 0.433 e. The van der Waals surface area contributed by atoms with E-state index >= 15 is 0 Å². The predicted molar refractivity (Wildman–Crippen MR) is 68.2 cm³/mol. The molecule has 2 aromatic rings. The Bertz CT molecular complexity index is 669. The van der Waals surface area contributed by atoms with Crippen molar-refractivity contribution in [3.05, 3.63) is 53.3 Å². The minimum absolute atomic E-state index is 0.184. The monoisotopic (exact) mass is 297 g/mol. The number of aliphatic hydroxyl groups excluding tert-OH is 1. The van der Waals surface area contributed by atoms with Crippen molar-refractivity contribution in [3.8, 4) is 11.1 Å². The fraction of sp³-hybridized carbons (Fsp3) is 0.267. The van der Waals surface area contributed by atoms with Crippen molar-refractivity contribution in [2.75, 3.05) is 0 Å². The van der Waals surface area contributed by atoms with Gasteiger partial charge in [0.2, 0.25) is 0 Å². The van der Waals surface area contributed by atoms with Crippen LogP contribution in [0.15, 0.2) is 36.5 Å². The van der Waals surface area contributed by atoms with E-state index in [2.05, 4.69) is 4.98 Å². The number of alkyl halides is 4. The van der Waals surface area contributed by atoms with Gasteiger partial charge in [-0.2, -0.15) is 13.2 Å². The standard InChI is InChI=1S/C15H11F4NO/c16-11-6-9-10(8-4-2-1-3-5-8)7-20-14(15(17,18)19)12(9)13(11)21/h1-5,7,11,13,21H,6H2/t11-,13-/m1/s1. The van der Waals surface area contributed by atoms with E-state index in [1.54, 1.807) is 30.3 Å². The van der Waals surface area contributed by atoms with E-state index in [-0.39, 0.29) is 12.0 Å². The average molecular weight is 297 g/mol. The van der Waals surface area contributed by atoms with Crippen LogP contribution in [0.4, 0.5) is 17.6 Å². The van der Waals surface area contributed by atoms with Gasteiger partial charge in [-0.1, -0.05) is 30.3 Å². The molecule has 1 aliphatic rings. The lowest BCUT2D eigenvalue weighted by molar-refractivity contribution is -0.142. The molecule has 0 bridgehead atoms. The molecule has 0 spiro atoms. The van der Waals surface area contributed by atoms with Crippen molar-refractivity contribution < 1.29 is 22.7 Å². The minimum Gasteiger partial charge on any atom is -0.385 e. The molecule has 1 aromatic carbocycles. The third-order valence-corrected chi connectivity index (χ3v) is 3.62. The highest BCUT2D eigenvalue weighted by atomic mass is 19.4. The van der Waals surface area contributed by atoms with E-state index in [0.717, 1.165) is 6.20 Å². The average Bonchev–Trinajstić information content (AvgIpc) is 2.74. The maximum atomic E-state index is 13.7. The summed E-state index contributed by atoms with van der Waals surface area (Å²) in [7, 11) is 0. The molecule has 2 nitrogen and oxygen atoms in total. The molecular weight excluding hydrogens is 286 g/mol. The van der Waals surface area contributed by atoms with Gasteiger partial charge in [-0.25, -0.2) is 4.39 Å². The van der Waals surface area contributed by atoms with Gasteiger partial charge >= 0.3 is 6.18 Å². The number of hydrogen-bond donors (Lipinski definition) is 1. The third kappa shape index (κ3) is 2.29. The van der Waals surface area contributed by atoms with Gasteiger partial charge in [-0.05, 0) is 11.1 Å². The quantitative estimate of drug-likeness (QED) is 0.814. The number of rotatable bonds is 1. The van der Waals surface area contributed by atoms with Crippen LogP contribution in [0.1, 0.15) is 22.9 Å². The van der Waals surface area contributed by atoms with Gasteiger partial charge in [0.05, 0.1) is 0 Å². The van der Waals surface area contributed by atoms with Gasteiger partial charge in [0.15, 0.2) is 5.69 Å². The topological polar surface area (TPSA) is 33.1 Å². The van der Waals surface area contributed by atoms with Gasteiger partial charge in [-0.15, -0.1) is 0 Å². The number of aliphatic hydroxyl groups is 1. The van der Waals surface area contributed by atoms with E-state index < -0.39 is 29.7 Å². The van der Waals surface area contributed by atoms with Crippen molar-refractivity contribution in [2.45, 2.75) is 24.9 Å². The first-order chi connectivity index (χ1) is 9.89. The second-order valence-electron chi connectivity index (χ2n) is 4.94. The Morgan fingerprint density at radius 3 is 2.43 bits per heavy atom. The zero-order valence-corrected chi connectivity index (χ0v) is 10.7. The van der Waals surface area contributed by atoms with Crippen molar-refractivity contribution in [2.24, 2.45) is 0 Å². The van der Waals surface area contributed by atoms with Crippen LogP contribution >= 0.6 is 0 Å². The number of fused-ring (bicyclic) bond motifs is 1. The van der Waals surface area contributed by atoms with Gasteiger partial charge in [0.1, 0.15) is 12.3 Å². The second kappa shape index (κ2) is 4.80. The Labute approximate surface area is 118 Å². The van der Waals surface area contributed by atoms with Crippen LogP contribution in [-0.4, -0.2) is 16.3 Å². The summed E-state index contributed by atoms with van der Waals surface area (Å²) >= 11 is 0. The van der Waals surface area contributed by atoms with Crippen LogP contribution < -0.4 is 0 Å². The van der Waals surface area contributed by atoms with E-state index in [0.29, 0.717) is 11.1 Å². The van der Waals surface area contributed by atoms with Crippen LogP contribution in [0.5, 0.6) is 0 Å². The Balaban J connectivity index is 2.24. The summed E-state index contributed by atoms with van der Waals surface area (Å²) in [6.45, 7) is 0. The summed E-state index contributed by atoms with van der Waals surface area (Å²) in [6.07, 6.45) is -7.39. The molecule has 1 N–H and O–H groups in total. The molecule has 21 heavy (non-hydrogen) atoms. The van der Waals surface area contributed by atoms with Crippen LogP contribution in [0.25, 0.3) is 11.1 Å². The molecular formula is C15H11F4NO. The zero-order chi connectivity index (χ0) is 15.2. The molecule has 1 aliphatic carbocycles. The van der Waals surface area contributed by atoms with Gasteiger partial charge in [0, 0.05) is 23.7 Å². The van der Waals surface area contributed by atoms with Crippen LogP contribution in [0.2, 0.25) is 0 Å². The lowest BCUT2D eigenvalue weighted by atomic mass is 9.97. The number of nitrogens with zero attached hydrogens (tertiary/aromatic N) is 1. The van der Waals surface area contributed by atoms with Crippen LogP contribution in [-0.2, 0) is 12.6 Å². The Morgan fingerprint density at radius 2 is 1.81 bits per heavy atom. The lowest BCUT2D eigenvalue weighted by Crippen LogP contribution is -2.15. The molecule has 0 fully saturated rings. The zero-order valence-electron chi connectivity index (χ0n) is 10.7.